The first-order chi connectivity index (χ1) is 13.2. The van der Waals surface area contributed by atoms with Gasteiger partial charge in [0.15, 0.2) is 5.69 Å². The second-order valence-corrected chi connectivity index (χ2v) is 8.43. The molecule has 2 aromatic carbocycles. The number of para-hydroxylation sites is 1. The van der Waals surface area contributed by atoms with Crippen molar-refractivity contribution in [3.8, 4) is 5.88 Å². The molecule has 0 radical (unpaired) electrons. The van der Waals surface area contributed by atoms with E-state index in [2.05, 4.69) is 15.2 Å². The van der Waals surface area contributed by atoms with Crippen molar-refractivity contribution in [2.45, 2.75) is 13.8 Å². The number of sulfonamides is 1. The Hall–Kier alpha value is -3.20. The van der Waals surface area contributed by atoms with E-state index < -0.39 is 22.5 Å². The molecular weight excluding hydrogens is 380 g/mol. The molecule has 0 saturated heterocycles. The minimum Gasteiger partial charge on any atom is -0.493 e. The number of benzene rings is 2. The number of anilines is 1. The molecule has 0 aliphatic rings. The smallest absolute Gasteiger partial charge is 0.285 e. The van der Waals surface area contributed by atoms with Gasteiger partial charge in [0.1, 0.15) is 6.54 Å². The second kappa shape index (κ2) is 7.43. The van der Waals surface area contributed by atoms with Gasteiger partial charge in [-0.3, -0.25) is 9.10 Å². The highest BCUT2D eigenvalue weighted by molar-refractivity contribution is 7.92. The number of aromatic nitrogens is 1. The molecule has 8 nitrogen and oxygen atoms in total. The number of carbonyl (C=O) groups excluding carboxylic acids is 1. The predicted octanol–water partition coefficient (Wildman–Crippen LogP) is 3.57. The fourth-order valence-corrected chi connectivity index (χ4v) is 3.85. The van der Waals surface area contributed by atoms with Crippen molar-refractivity contribution in [1.29, 1.82) is 0 Å². The Labute approximate surface area is 162 Å². The maximum atomic E-state index is 12.3. The topological polar surface area (TPSA) is 115 Å². The van der Waals surface area contributed by atoms with E-state index in [9.17, 15) is 18.3 Å². The van der Waals surface area contributed by atoms with Crippen LogP contribution in [-0.2, 0) is 14.8 Å². The minimum atomic E-state index is -3.71. The first-order valence-corrected chi connectivity index (χ1v) is 10.3. The third kappa shape index (κ3) is 4.04. The number of carbonyl (C=O) groups is 1. The van der Waals surface area contributed by atoms with Crippen molar-refractivity contribution in [3.05, 3.63) is 53.6 Å². The van der Waals surface area contributed by atoms with E-state index in [0.29, 0.717) is 16.6 Å². The van der Waals surface area contributed by atoms with Crippen LogP contribution in [0.3, 0.4) is 0 Å². The summed E-state index contributed by atoms with van der Waals surface area (Å²) in [4.78, 5) is 15.1. The number of amides is 1. The number of H-pyrrole nitrogens is 1. The van der Waals surface area contributed by atoms with Crippen LogP contribution in [0.5, 0.6) is 5.88 Å². The number of aromatic hydroxyl groups is 1. The normalized spacial score (nSPS) is 12.0. The molecule has 0 aliphatic carbocycles. The molecule has 1 amide bonds. The van der Waals surface area contributed by atoms with Crippen molar-refractivity contribution in [3.63, 3.8) is 0 Å². The third-order valence-electron chi connectivity index (χ3n) is 4.22. The first-order valence-electron chi connectivity index (χ1n) is 8.46. The molecular formula is C19H20N4O4S. The summed E-state index contributed by atoms with van der Waals surface area (Å²) in [6, 6.07) is 12.3. The van der Waals surface area contributed by atoms with Gasteiger partial charge in [-0.1, -0.05) is 35.9 Å². The highest BCUT2D eigenvalue weighted by Crippen LogP contribution is 2.35. The Kier molecular flexibility index (Phi) is 5.19. The number of hydrogen-bond donors (Lipinski definition) is 2. The molecule has 3 aromatic rings. The number of hydrogen-bond acceptors (Lipinski definition) is 5. The summed E-state index contributed by atoms with van der Waals surface area (Å²) >= 11 is 0. The molecule has 9 heteroatoms. The molecule has 28 heavy (non-hydrogen) atoms. The van der Waals surface area contributed by atoms with Crippen LogP contribution in [0, 0.1) is 13.8 Å². The summed E-state index contributed by atoms with van der Waals surface area (Å²) < 4.78 is 25.4. The lowest BCUT2D eigenvalue weighted by Gasteiger charge is -2.22. The zero-order valence-electron chi connectivity index (χ0n) is 15.7. The number of rotatable bonds is 5. The van der Waals surface area contributed by atoms with Crippen molar-refractivity contribution in [1.82, 2.24) is 4.98 Å². The average molecular weight is 400 g/mol. The summed E-state index contributed by atoms with van der Waals surface area (Å²) in [5.41, 5.74) is 2.89. The summed E-state index contributed by atoms with van der Waals surface area (Å²) in [5, 5.41) is 18.0. The van der Waals surface area contributed by atoms with Crippen LogP contribution in [0.15, 0.2) is 52.7 Å². The Morgan fingerprint density at radius 1 is 1.18 bits per heavy atom. The van der Waals surface area contributed by atoms with Gasteiger partial charge in [-0.15, -0.1) is 10.2 Å². The van der Waals surface area contributed by atoms with Gasteiger partial charge >= 0.3 is 0 Å². The summed E-state index contributed by atoms with van der Waals surface area (Å²) in [6.45, 7) is 3.18. The maximum absolute atomic E-state index is 12.3. The quantitative estimate of drug-likeness (QED) is 0.637. The molecule has 0 bridgehead atoms. The SMILES string of the molecule is Cc1ccc(N(CC(=O)N=Nc2c(O)[nH]c3ccccc23)S(C)(=O)=O)c(C)c1. The first kappa shape index (κ1) is 19.6. The standard InChI is InChI=1S/C19H20N4O4S/c1-12-8-9-16(13(2)10-12)23(28(3,26)27)11-17(24)21-22-18-14-6-4-5-7-15(14)20-19(18)25/h4-10,20,25H,11H2,1-3H3. The van der Waals surface area contributed by atoms with E-state index in [1.807, 2.05) is 13.0 Å². The predicted molar refractivity (Wildman–Crippen MR) is 108 cm³/mol. The van der Waals surface area contributed by atoms with Gasteiger partial charge in [0.05, 0.1) is 17.5 Å². The van der Waals surface area contributed by atoms with Crippen LogP contribution in [0.2, 0.25) is 0 Å². The number of nitrogens with zero attached hydrogens (tertiary/aromatic N) is 3. The van der Waals surface area contributed by atoms with Crippen LogP contribution < -0.4 is 4.31 Å². The number of aryl methyl sites for hydroxylation is 2. The van der Waals surface area contributed by atoms with E-state index in [-0.39, 0.29) is 11.6 Å². The van der Waals surface area contributed by atoms with Crippen LogP contribution >= 0.6 is 0 Å². The van der Waals surface area contributed by atoms with Crippen LogP contribution in [-0.4, -0.2) is 37.2 Å². The fraction of sp³-hybridized carbons (Fsp3) is 0.211. The minimum absolute atomic E-state index is 0.126. The second-order valence-electron chi connectivity index (χ2n) is 6.52. The molecule has 0 fully saturated rings. The number of aromatic amines is 1. The number of fused-ring (bicyclic) bond motifs is 1. The van der Waals surface area contributed by atoms with Gasteiger partial charge in [-0.2, -0.15) is 0 Å². The van der Waals surface area contributed by atoms with E-state index in [4.69, 9.17) is 0 Å². The van der Waals surface area contributed by atoms with Gasteiger partial charge in [-0.25, -0.2) is 8.42 Å². The Bertz CT molecular complexity index is 1180. The van der Waals surface area contributed by atoms with E-state index in [1.54, 1.807) is 43.3 Å². The molecule has 1 aromatic heterocycles. The molecule has 1 heterocycles. The van der Waals surface area contributed by atoms with Gasteiger partial charge in [0, 0.05) is 5.39 Å². The monoisotopic (exact) mass is 400 g/mol. The lowest BCUT2D eigenvalue weighted by atomic mass is 10.1. The third-order valence-corrected chi connectivity index (χ3v) is 5.35. The van der Waals surface area contributed by atoms with Crippen LogP contribution in [0.4, 0.5) is 11.4 Å². The highest BCUT2D eigenvalue weighted by atomic mass is 32.2. The lowest BCUT2D eigenvalue weighted by Crippen LogP contribution is -2.34. The molecule has 0 saturated carbocycles. The van der Waals surface area contributed by atoms with Crippen LogP contribution in [0.1, 0.15) is 11.1 Å². The molecule has 3 rings (SSSR count). The molecule has 0 spiro atoms. The maximum Gasteiger partial charge on any atom is 0.285 e. The summed E-state index contributed by atoms with van der Waals surface area (Å²) in [7, 11) is -3.71. The van der Waals surface area contributed by atoms with Crippen molar-refractivity contribution < 1.29 is 18.3 Å². The summed E-state index contributed by atoms with van der Waals surface area (Å²) in [5.74, 6) is -0.970. The van der Waals surface area contributed by atoms with Crippen molar-refractivity contribution in [2.24, 2.45) is 10.2 Å². The molecule has 0 unspecified atom stereocenters. The highest BCUT2D eigenvalue weighted by Gasteiger charge is 2.22. The zero-order chi connectivity index (χ0) is 20.5. The molecule has 2 N–H and O–H groups in total. The molecule has 0 atom stereocenters. The van der Waals surface area contributed by atoms with Crippen molar-refractivity contribution >= 4 is 38.2 Å². The largest absolute Gasteiger partial charge is 0.493 e. The zero-order valence-corrected chi connectivity index (χ0v) is 16.5. The number of azo groups is 1. The van der Waals surface area contributed by atoms with Gasteiger partial charge in [-0.05, 0) is 31.5 Å². The Morgan fingerprint density at radius 2 is 1.89 bits per heavy atom. The van der Waals surface area contributed by atoms with E-state index >= 15 is 0 Å². The van der Waals surface area contributed by atoms with E-state index in [1.165, 1.54) is 0 Å². The van der Waals surface area contributed by atoms with Crippen LogP contribution in [0.25, 0.3) is 10.9 Å². The summed E-state index contributed by atoms with van der Waals surface area (Å²) in [6.07, 6.45) is 1.03. The lowest BCUT2D eigenvalue weighted by molar-refractivity contribution is -0.116. The Morgan fingerprint density at radius 3 is 2.57 bits per heavy atom. The van der Waals surface area contributed by atoms with Gasteiger partial charge < -0.3 is 10.1 Å². The Balaban J connectivity index is 1.88. The number of nitrogens with one attached hydrogen (secondary N) is 1. The fourth-order valence-electron chi connectivity index (χ4n) is 2.94. The van der Waals surface area contributed by atoms with Crippen molar-refractivity contribution in [2.75, 3.05) is 17.1 Å². The molecule has 0 aliphatic heterocycles. The van der Waals surface area contributed by atoms with Gasteiger partial charge in [0.2, 0.25) is 15.9 Å². The van der Waals surface area contributed by atoms with E-state index in [0.717, 1.165) is 21.7 Å². The molecule has 146 valence electrons. The average Bonchev–Trinajstić information content (AvgIpc) is 2.93. The van der Waals surface area contributed by atoms with Gasteiger partial charge in [0.25, 0.3) is 5.91 Å².